The third kappa shape index (κ3) is 3.09. The standard InChI is InChI=1S/C14H20N2O2/c15-13(10-6-2-1-3-7-10)14(18)16-11-8-4-5-9-12(11)17/h1-3,6-7,11-13,17H,4-5,8-9,15H2,(H,16,18)/t11-,12-,13-/m0/s1. The highest BCUT2D eigenvalue weighted by Crippen LogP contribution is 2.19. The highest BCUT2D eigenvalue weighted by Gasteiger charge is 2.26. The van der Waals surface area contributed by atoms with Gasteiger partial charge in [0.15, 0.2) is 0 Å². The summed E-state index contributed by atoms with van der Waals surface area (Å²) in [6.07, 6.45) is 3.21. The van der Waals surface area contributed by atoms with Crippen LogP contribution in [0.5, 0.6) is 0 Å². The second kappa shape index (κ2) is 5.98. The number of benzene rings is 1. The summed E-state index contributed by atoms with van der Waals surface area (Å²) < 4.78 is 0. The molecule has 98 valence electrons. The Balaban J connectivity index is 1.95. The second-order valence-electron chi connectivity index (χ2n) is 4.86. The first-order chi connectivity index (χ1) is 8.68. The minimum absolute atomic E-state index is 0.152. The number of carbonyl (C=O) groups is 1. The second-order valence-corrected chi connectivity index (χ2v) is 4.86. The molecule has 0 saturated heterocycles. The van der Waals surface area contributed by atoms with E-state index in [0.29, 0.717) is 0 Å². The molecule has 0 aromatic heterocycles. The lowest BCUT2D eigenvalue weighted by Crippen LogP contribution is -2.48. The molecule has 0 radical (unpaired) electrons. The quantitative estimate of drug-likeness (QED) is 0.750. The maximum atomic E-state index is 12.0. The van der Waals surface area contributed by atoms with Crippen molar-refractivity contribution in [2.45, 2.75) is 43.9 Å². The van der Waals surface area contributed by atoms with Crippen molar-refractivity contribution in [2.75, 3.05) is 0 Å². The monoisotopic (exact) mass is 248 g/mol. The van der Waals surface area contributed by atoms with Gasteiger partial charge in [-0.25, -0.2) is 0 Å². The summed E-state index contributed by atoms with van der Waals surface area (Å²) >= 11 is 0. The van der Waals surface area contributed by atoms with E-state index in [9.17, 15) is 9.90 Å². The van der Waals surface area contributed by atoms with E-state index in [1.807, 2.05) is 30.3 Å². The molecule has 1 aliphatic carbocycles. The van der Waals surface area contributed by atoms with Crippen molar-refractivity contribution in [3.63, 3.8) is 0 Å². The van der Waals surface area contributed by atoms with E-state index in [-0.39, 0.29) is 11.9 Å². The van der Waals surface area contributed by atoms with Crippen LogP contribution in [-0.4, -0.2) is 23.2 Å². The fourth-order valence-corrected chi connectivity index (χ4v) is 2.36. The number of amides is 1. The van der Waals surface area contributed by atoms with Crippen molar-refractivity contribution in [2.24, 2.45) is 5.73 Å². The topological polar surface area (TPSA) is 75.4 Å². The number of hydrogen-bond donors (Lipinski definition) is 3. The lowest BCUT2D eigenvalue weighted by atomic mass is 9.92. The molecule has 1 aromatic rings. The van der Waals surface area contributed by atoms with Crippen LogP contribution in [0.15, 0.2) is 30.3 Å². The number of rotatable bonds is 3. The number of hydrogen-bond acceptors (Lipinski definition) is 3. The Morgan fingerprint density at radius 2 is 1.94 bits per heavy atom. The molecule has 1 aliphatic rings. The lowest BCUT2D eigenvalue weighted by molar-refractivity contribution is -0.124. The minimum Gasteiger partial charge on any atom is -0.391 e. The molecule has 2 rings (SSSR count). The molecule has 4 N–H and O–H groups in total. The first-order valence-electron chi connectivity index (χ1n) is 6.47. The van der Waals surface area contributed by atoms with Crippen LogP contribution in [-0.2, 0) is 4.79 Å². The molecule has 3 atom stereocenters. The van der Waals surface area contributed by atoms with Crippen LogP contribution in [0.3, 0.4) is 0 Å². The summed E-state index contributed by atoms with van der Waals surface area (Å²) in [7, 11) is 0. The number of aliphatic hydroxyl groups is 1. The average Bonchev–Trinajstić information content (AvgIpc) is 2.41. The van der Waals surface area contributed by atoms with Gasteiger partial charge in [-0.1, -0.05) is 43.2 Å². The molecular formula is C14H20N2O2. The Kier molecular flexibility index (Phi) is 4.33. The summed E-state index contributed by atoms with van der Waals surface area (Å²) in [6.45, 7) is 0. The zero-order chi connectivity index (χ0) is 13.0. The van der Waals surface area contributed by atoms with Gasteiger partial charge in [-0.2, -0.15) is 0 Å². The molecule has 0 heterocycles. The Morgan fingerprint density at radius 1 is 1.28 bits per heavy atom. The van der Waals surface area contributed by atoms with E-state index in [1.54, 1.807) is 0 Å². The lowest BCUT2D eigenvalue weighted by Gasteiger charge is -2.29. The Labute approximate surface area is 107 Å². The number of carbonyl (C=O) groups excluding carboxylic acids is 1. The number of nitrogens with one attached hydrogen (secondary N) is 1. The van der Waals surface area contributed by atoms with Gasteiger partial charge in [0.2, 0.25) is 5.91 Å². The molecule has 0 spiro atoms. The van der Waals surface area contributed by atoms with Crippen molar-refractivity contribution >= 4 is 5.91 Å². The Bertz CT molecular complexity index is 394. The van der Waals surface area contributed by atoms with Crippen LogP contribution in [0.25, 0.3) is 0 Å². The predicted octanol–water partition coefficient (Wildman–Crippen LogP) is 1.11. The van der Waals surface area contributed by atoms with Gasteiger partial charge in [-0.05, 0) is 18.4 Å². The predicted molar refractivity (Wildman–Crippen MR) is 69.8 cm³/mol. The first kappa shape index (κ1) is 13.1. The highest BCUT2D eigenvalue weighted by molar-refractivity contribution is 5.83. The van der Waals surface area contributed by atoms with Crippen LogP contribution in [0.2, 0.25) is 0 Å². The van der Waals surface area contributed by atoms with Gasteiger partial charge < -0.3 is 16.2 Å². The maximum Gasteiger partial charge on any atom is 0.241 e. The third-order valence-corrected chi connectivity index (χ3v) is 3.50. The Hall–Kier alpha value is -1.39. The van der Waals surface area contributed by atoms with Crippen molar-refractivity contribution < 1.29 is 9.90 Å². The largest absolute Gasteiger partial charge is 0.391 e. The van der Waals surface area contributed by atoms with E-state index in [2.05, 4.69) is 5.32 Å². The SMILES string of the molecule is N[C@H](C(=O)N[C@H]1CCCC[C@@H]1O)c1ccccc1. The van der Waals surface area contributed by atoms with E-state index in [4.69, 9.17) is 5.73 Å². The first-order valence-corrected chi connectivity index (χ1v) is 6.47. The van der Waals surface area contributed by atoms with Crippen molar-refractivity contribution in [3.05, 3.63) is 35.9 Å². The molecule has 0 bridgehead atoms. The summed E-state index contributed by atoms with van der Waals surface area (Å²) in [4.78, 5) is 12.0. The van der Waals surface area contributed by atoms with Gasteiger partial charge >= 0.3 is 0 Å². The average molecular weight is 248 g/mol. The summed E-state index contributed by atoms with van der Waals surface area (Å²) in [5.41, 5.74) is 6.70. The van der Waals surface area contributed by atoms with E-state index in [0.717, 1.165) is 31.2 Å². The van der Waals surface area contributed by atoms with Crippen molar-refractivity contribution in [3.8, 4) is 0 Å². The normalized spacial score (nSPS) is 25.4. The van der Waals surface area contributed by atoms with Gasteiger partial charge in [-0.3, -0.25) is 4.79 Å². The molecule has 4 nitrogen and oxygen atoms in total. The van der Waals surface area contributed by atoms with Crippen molar-refractivity contribution in [1.82, 2.24) is 5.32 Å². The van der Waals surface area contributed by atoms with Crippen LogP contribution in [0.1, 0.15) is 37.3 Å². The van der Waals surface area contributed by atoms with Crippen LogP contribution in [0.4, 0.5) is 0 Å². The van der Waals surface area contributed by atoms with Gasteiger partial charge in [0.05, 0.1) is 12.1 Å². The van der Waals surface area contributed by atoms with Gasteiger partial charge in [0, 0.05) is 0 Å². The summed E-state index contributed by atoms with van der Waals surface area (Å²) in [5.74, 6) is -0.216. The number of nitrogens with two attached hydrogens (primary N) is 1. The molecule has 1 amide bonds. The molecule has 0 aliphatic heterocycles. The van der Waals surface area contributed by atoms with Crippen LogP contribution >= 0.6 is 0 Å². The van der Waals surface area contributed by atoms with Crippen LogP contribution < -0.4 is 11.1 Å². The van der Waals surface area contributed by atoms with Gasteiger partial charge in [0.25, 0.3) is 0 Å². The summed E-state index contributed by atoms with van der Waals surface area (Å²) in [5, 5.41) is 12.7. The number of aliphatic hydroxyl groups excluding tert-OH is 1. The molecule has 1 fully saturated rings. The molecule has 18 heavy (non-hydrogen) atoms. The third-order valence-electron chi connectivity index (χ3n) is 3.50. The van der Waals surface area contributed by atoms with Gasteiger partial charge in [-0.15, -0.1) is 0 Å². The smallest absolute Gasteiger partial charge is 0.241 e. The maximum absolute atomic E-state index is 12.0. The van der Waals surface area contributed by atoms with Crippen LogP contribution in [0, 0.1) is 0 Å². The molecule has 4 heteroatoms. The molecule has 1 saturated carbocycles. The fraction of sp³-hybridized carbons (Fsp3) is 0.500. The van der Waals surface area contributed by atoms with E-state index < -0.39 is 12.1 Å². The Morgan fingerprint density at radius 3 is 2.61 bits per heavy atom. The highest BCUT2D eigenvalue weighted by atomic mass is 16.3. The molecular weight excluding hydrogens is 228 g/mol. The van der Waals surface area contributed by atoms with E-state index in [1.165, 1.54) is 0 Å². The van der Waals surface area contributed by atoms with E-state index >= 15 is 0 Å². The fourth-order valence-electron chi connectivity index (χ4n) is 2.36. The minimum atomic E-state index is -0.666. The zero-order valence-electron chi connectivity index (χ0n) is 10.4. The molecule has 0 unspecified atom stereocenters. The molecule has 1 aromatic carbocycles. The summed E-state index contributed by atoms with van der Waals surface area (Å²) in [6, 6.07) is 8.46. The van der Waals surface area contributed by atoms with Crippen molar-refractivity contribution in [1.29, 1.82) is 0 Å². The van der Waals surface area contributed by atoms with Gasteiger partial charge in [0.1, 0.15) is 6.04 Å². The zero-order valence-corrected chi connectivity index (χ0v) is 10.4.